The van der Waals surface area contributed by atoms with Gasteiger partial charge < -0.3 is 14.2 Å². The predicted octanol–water partition coefficient (Wildman–Crippen LogP) is 25.5. The Morgan fingerprint density at radius 2 is 0.434 bits per heavy atom. The molecule has 1 atom stereocenters. The molecule has 0 saturated heterocycles. The van der Waals surface area contributed by atoms with Crippen LogP contribution in [0.4, 0.5) is 0 Å². The normalized spacial score (nSPS) is 12.4. The lowest BCUT2D eigenvalue weighted by Gasteiger charge is -2.18. The molecule has 0 aromatic rings. The van der Waals surface area contributed by atoms with Crippen LogP contribution >= 0.6 is 0 Å². The van der Waals surface area contributed by atoms with Gasteiger partial charge in [-0.05, 0) is 89.9 Å². The molecule has 0 N–H and O–H groups in total. The summed E-state index contributed by atoms with van der Waals surface area (Å²) in [5, 5.41) is 0. The molecule has 484 valence electrons. The topological polar surface area (TPSA) is 78.9 Å². The first-order chi connectivity index (χ1) is 41.0. The van der Waals surface area contributed by atoms with Crippen LogP contribution < -0.4 is 0 Å². The number of carbonyl (C=O) groups is 3. The van der Waals surface area contributed by atoms with Crippen LogP contribution in [0.5, 0.6) is 0 Å². The Kier molecular flexibility index (Phi) is 69.1. The van der Waals surface area contributed by atoms with Gasteiger partial charge in [-0.15, -0.1) is 0 Å². The van der Waals surface area contributed by atoms with Crippen molar-refractivity contribution in [3.05, 3.63) is 60.8 Å². The second-order valence-electron chi connectivity index (χ2n) is 24.9. The van der Waals surface area contributed by atoms with Gasteiger partial charge in [-0.3, -0.25) is 14.4 Å². The first kappa shape index (κ1) is 80.1. The quantitative estimate of drug-likeness (QED) is 0.0261. The van der Waals surface area contributed by atoms with Gasteiger partial charge in [0.05, 0.1) is 0 Å². The Morgan fingerprint density at radius 1 is 0.241 bits per heavy atom. The lowest BCUT2D eigenvalue weighted by Crippen LogP contribution is -2.30. The zero-order chi connectivity index (χ0) is 59.9. The van der Waals surface area contributed by atoms with Crippen molar-refractivity contribution in [1.82, 2.24) is 0 Å². The third-order valence-corrected chi connectivity index (χ3v) is 16.5. The van der Waals surface area contributed by atoms with Crippen LogP contribution in [0.1, 0.15) is 393 Å². The first-order valence-corrected chi connectivity index (χ1v) is 36.8. The molecule has 1 unspecified atom stereocenters. The molecule has 0 aliphatic heterocycles. The summed E-state index contributed by atoms with van der Waals surface area (Å²) < 4.78 is 17.0. The van der Waals surface area contributed by atoms with Gasteiger partial charge in [0.2, 0.25) is 0 Å². The van der Waals surface area contributed by atoms with Crippen LogP contribution in [0, 0.1) is 0 Å². The molecule has 0 saturated carbocycles. The number of hydrogen-bond acceptors (Lipinski definition) is 6. The van der Waals surface area contributed by atoms with Crippen LogP contribution in [0.2, 0.25) is 0 Å². The Labute approximate surface area is 517 Å². The van der Waals surface area contributed by atoms with E-state index < -0.39 is 6.10 Å². The third kappa shape index (κ3) is 69.8. The van der Waals surface area contributed by atoms with Crippen LogP contribution in [0.25, 0.3) is 0 Å². The van der Waals surface area contributed by atoms with E-state index in [9.17, 15) is 14.4 Å². The number of rotatable bonds is 68. The van der Waals surface area contributed by atoms with E-state index in [0.717, 1.165) is 89.9 Å². The lowest BCUT2D eigenvalue weighted by molar-refractivity contribution is -0.167. The van der Waals surface area contributed by atoms with E-state index in [2.05, 4.69) is 81.5 Å². The van der Waals surface area contributed by atoms with Crippen molar-refractivity contribution in [3.63, 3.8) is 0 Å². The van der Waals surface area contributed by atoms with Crippen molar-refractivity contribution < 1.29 is 28.6 Å². The van der Waals surface area contributed by atoms with Gasteiger partial charge in [0, 0.05) is 19.3 Å². The molecule has 0 aromatic heterocycles. The second-order valence-corrected chi connectivity index (χ2v) is 24.9. The fraction of sp³-hybridized carbons (Fsp3) is 0.831. The van der Waals surface area contributed by atoms with Gasteiger partial charge in [-0.2, -0.15) is 0 Å². The fourth-order valence-corrected chi connectivity index (χ4v) is 11.0. The van der Waals surface area contributed by atoms with Gasteiger partial charge in [-0.1, -0.05) is 345 Å². The zero-order valence-electron chi connectivity index (χ0n) is 55.7. The summed E-state index contributed by atoms with van der Waals surface area (Å²) >= 11 is 0. The number of unbranched alkanes of at least 4 members (excludes halogenated alkanes) is 47. The van der Waals surface area contributed by atoms with E-state index in [1.807, 2.05) is 0 Å². The van der Waals surface area contributed by atoms with E-state index in [0.29, 0.717) is 19.3 Å². The van der Waals surface area contributed by atoms with Gasteiger partial charge in [0.1, 0.15) is 13.2 Å². The average molecular weight is 1160 g/mol. The summed E-state index contributed by atoms with van der Waals surface area (Å²) in [6.45, 7) is 6.64. The van der Waals surface area contributed by atoms with Crippen LogP contribution in [-0.2, 0) is 28.6 Å². The van der Waals surface area contributed by atoms with Crippen molar-refractivity contribution in [2.24, 2.45) is 0 Å². The highest BCUT2D eigenvalue weighted by Crippen LogP contribution is 2.18. The van der Waals surface area contributed by atoms with Gasteiger partial charge in [0.15, 0.2) is 6.10 Å². The van der Waals surface area contributed by atoms with E-state index in [1.165, 1.54) is 263 Å². The number of ether oxygens (including phenoxy) is 3. The largest absolute Gasteiger partial charge is 0.462 e. The summed E-state index contributed by atoms with van der Waals surface area (Å²) in [4.78, 5) is 38.5. The molecule has 0 aliphatic carbocycles. The monoisotopic (exact) mass is 1160 g/mol. The van der Waals surface area contributed by atoms with Crippen molar-refractivity contribution in [2.45, 2.75) is 399 Å². The van der Waals surface area contributed by atoms with Crippen LogP contribution in [-0.4, -0.2) is 37.2 Å². The van der Waals surface area contributed by atoms with Crippen molar-refractivity contribution >= 4 is 17.9 Å². The summed E-state index contributed by atoms with van der Waals surface area (Å²) in [5.41, 5.74) is 0. The van der Waals surface area contributed by atoms with Gasteiger partial charge in [-0.25, -0.2) is 0 Å². The Morgan fingerprint density at radius 3 is 0.699 bits per heavy atom. The zero-order valence-corrected chi connectivity index (χ0v) is 55.7. The number of carbonyl (C=O) groups excluding carboxylic acids is 3. The predicted molar refractivity (Wildman–Crippen MR) is 362 cm³/mol. The standard InChI is InChI=1S/C77H140O6/c1-4-7-10-13-16-19-22-25-28-31-34-35-36-37-38-39-40-41-44-46-49-52-55-58-61-64-67-70-76(79)82-73-74(83-77(80)71-68-65-62-59-56-53-50-47-43-33-30-27-24-21-18-15-12-9-6-3)72-81-75(78)69-66-63-60-57-54-51-48-45-42-32-29-26-23-20-17-14-11-8-5-2/h17-18,20-21,26-27,29-30,43,47,74H,4-16,19,22-25,28,31-42,44-46,48-73H2,1-3H3/b20-17-,21-18-,29-26-,30-27-,47-43-. The summed E-state index contributed by atoms with van der Waals surface area (Å²) in [6, 6.07) is 0. The molecule has 0 radical (unpaired) electrons. The summed E-state index contributed by atoms with van der Waals surface area (Å²) in [6.07, 6.45) is 92.5. The van der Waals surface area contributed by atoms with Crippen LogP contribution in [0.3, 0.4) is 0 Å². The molecule has 0 bridgehead atoms. The van der Waals surface area contributed by atoms with Gasteiger partial charge in [0.25, 0.3) is 0 Å². The average Bonchev–Trinajstić information content (AvgIpc) is 3.50. The highest BCUT2D eigenvalue weighted by Gasteiger charge is 2.19. The SMILES string of the molecule is CCCCC/C=C\C/C=C\C/C=C\CCCCCCCCC(=O)OC(COC(=O)CCCCCCCCCCC/C=C\C/C=C\CCCCC)COC(=O)CCCCCCCCCCCCCCCCCCCCCCCCCCCCC. The number of hydrogen-bond donors (Lipinski definition) is 0. The molecule has 0 heterocycles. The molecule has 6 heteroatoms. The molecule has 0 aromatic carbocycles. The van der Waals surface area contributed by atoms with E-state index in [-0.39, 0.29) is 31.1 Å². The smallest absolute Gasteiger partial charge is 0.306 e. The maximum Gasteiger partial charge on any atom is 0.306 e. The molecule has 0 spiro atoms. The van der Waals surface area contributed by atoms with Crippen molar-refractivity contribution in [1.29, 1.82) is 0 Å². The molecule has 0 amide bonds. The van der Waals surface area contributed by atoms with Gasteiger partial charge >= 0.3 is 17.9 Å². The van der Waals surface area contributed by atoms with Crippen molar-refractivity contribution in [2.75, 3.05) is 13.2 Å². The minimum absolute atomic E-state index is 0.0772. The van der Waals surface area contributed by atoms with Crippen molar-refractivity contribution in [3.8, 4) is 0 Å². The van der Waals surface area contributed by atoms with Crippen LogP contribution in [0.15, 0.2) is 60.8 Å². The summed E-state index contributed by atoms with van der Waals surface area (Å²) in [7, 11) is 0. The lowest BCUT2D eigenvalue weighted by atomic mass is 10.0. The highest BCUT2D eigenvalue weighted by atomic mass is 16.6. The van der Waals surface area contributed by atoms with E-state index in [1.54, 1.807) is 0 Å². The highest BCUT2D eigenvalue weighted by molar-refractivity contribution is 5.71. The molecule has 83 heavy (non-hydrogen) atoms. The molecule has 0 aliphatic rings. The Balaban J connectivity index is 4.30. The Hall–Kier alpha value is -2.89. The minimum Gasteiger partial charge on any atom is -0.462 e. The third-order valence-electron chi connectivity index (χ3n) is 16.5. The van der Waals surface area contributed by atoms with E-state index >= 15 is 0 Å². The maximum atomic E-state index is 13.0. The maximum absolute atomic E-state index is 13.0. The fourth-order valence-electron chi connectivity index (χ4n) is 11.0. The first-order valence-electron chi connectivity index (χ1n) is 36.8. The molecule has 0 fully saturated rings. The Bertz CT molecular complexity index is 1470. The molecular weight excluding hydrogens is 1020 g/mol. The number of esters is 3. The van der Waals surface area contributed by atoms with E-state index in [4.69, 9.17) is 14.2 Å². The summed E-state index contributed by atoms with van der Waals surface area (Å²) in [5.74, 6) is -0.869. The minimum atomic E-state index is -0.784. The molecule has 6 nitrogen and oxygen atoms in total. The molecule has 0 rings (SSSR count). The second kappa shape index (κ2) is 71.6. The number of allylic oxidation sites excluding steroid dienone is 10. The molecular formula is C77H140O6.